The Morgan fingerprint density at radius 2 is 1.30 bits per heavy atom. The number of carbonyl (C=O) groups is 2. The molecule has 0 unspecified atom stereocenters. The maximum absolute atomic E-state index is 11.5. The van der Waals surface area contributed by atoms with Crippen LogP contribution in [0, 0.1) is 0 Å². The van der Waals surface area contributed by atoms with Crippen molar-refractivity contribution in [3.63, 3.8) is 0 Å². The van der Waals surface area contributed by atoms with E-state index in [1.165, 1.54) is 32.6 Å². The highest BCUT2D eigenvalue weighted by atomic mass is 16.4. The van der Waals surface area contributed by atoms with Gasteiger partial charge in [0.05, 0.1) is 0 Å². The summed E-state index contributed by atoms with van der Waals surface area (Å²) >= 11 is 0. The number of rotatable bonds is 16. The molecular weight excluding hydrogens is 338 g/mol. The van der Waals surface area contributed by atoms with Crippen LogP contribution in [-0.4, -0.2) is 23.0 Å². The molecule has 2 N–H and O–H groups in total. The van der Waals surface area contributed by atoms with E-state index in [-0.39, 0.29) is 5.91 Å². The van der Waals surface area contributed by atoms with Gasteiger partial charge in [0.25, 0.3) is 0 Å². The van der Waals surface area contributed by atoms with E-state index in [1.54, 1.807) is 0 Å². The summed E-state index contributed by atoms with van der Waals surface area (Å²) < 4.78 is 0. The largest absolute Gasteiger partial charge is 0.480 e. The Labute approximate surface area is 165 Å². The highest BCUT2D eigenvalue weighted by Crippen LogP contribution is 2.01. The van der Waals surface area contributed by atoms with E-state index in [1.807, 2.05) is 0 Å². The summed E-state index contributed by atoms with van der Waals surface area (Å²) in [6, 6.07) is -0.825. The quantitative estimate of drug-likeness (QED) is 0.268. The third kappa shape index (κ3) is 18.5. The molecule has 0 aliphatic carbocycles. The van der Waals surface area contributed by atoms with Gasteiger partial charge in [0.15, 0.2) is 0 Å². The van der Waals surface area contributed by atoms with E-state index in [4.69, 9.17) is 5.11 Å². The minimum Gasteiger partial charge on any atom is -0.480 e. The van der Waals surface area contributed by atoms with Gasteiger partial charge in [-0.3, -0.25) is 9.59 Å². The van der Waals surface area contributed by atoms with Crippen LogP contribution in [-0.2, 0) is 9.59 Å². The predicted octanol–water partition coefficient (Wildman–Crippen LogP) is 5.72. The molecule has 27 heavy (non-hydrogen) atoms. The van der Waals surface area contributed by atoms with Crippen LogP contribution >= 0.6 is 0 Å². The highest BCUT2D eigenvalue weighted by Gasteiger charge is 2.12. The fourth-order valence-corrected chi connectivity index (χ4v) is 2.32. The van der Waals surface area contributed by atoms with Crippen molar-refractivity contribution in [2.75, 3.05) is 0 Å². The molecule has 0 aromatic rings. The molecule has 1 amide bonds. The number of allylic oxidation sites excluding steroid dienone is 8. The van der Waals surface area contributed by atoms with Gasteiger partial charge in [-0.1, -0.05) is 68.4 Å². The minimum atomic E-state index is -1.01. The number of carboxylic acids is 1. The standard InChI is InChI=1S/C23H37NO3/c1-3-4-5-6-7-8-9-10-11-12-13-14-15-16-17-18-19-20-22(25)24-21(2)23(26)27/h7-8,10-11,13-14,16-17,21H,3-6,9,12,15,18-20H2,1-2H3,(H,24,25)(H,26,27)/b8-7-,11-10-,14-13+,17-16-/t21-/m0/s1. The molecule has 4 heteroatoms. The SMILES string of the molecule is CCCCC/C=C\C/C=C\C/C=C/C/C=C\CCCC(=O)N[C@@H](C)C(=O)O. The molecule has 0 aromatic heterocycles. The van der Waals surface area contributed by atoms with Crippen molar-refractivity contribution in [3.8, 4) is 0 Å². The van der Waals surface area contributed by atoms with Gasteiger partial charge >= 0.3 is 5.97 Å². The molecule has 0 saturated heterocycles. The van der Waals surface area contributed by atoms with Crippen molar-refractivity contribution in [1.82, 2.24) is 5.32 Å². The molecule has 0 radical (unpaired) electrons. The third-order valence-corrected chi connectivity index (χ3v) is 3.98. The summed E-state index contributed by atoms with van der Waals surface area (Å²) in [5.74, 6) is -1.22. The number of unbranched alkanes of at least 4 members (excludes halogenated alkanes) is 4. The molecule has 1 atom stereocenters. The van der Waals surface area contributed by atoms with E-state index in [9.17, 15) is 9.59 Å². The molecule has 0 aromatic carbocycles. The van der Waals surface area contributed by atoms with E-state index in [0.717, 1.165) is 32.1 Å². The first kappa shape index (κ1) is 24.9. The van der Waals surface area contributed by atoms with Crippen LogP contribution in [0.1, 0.15) is 78.1 Å². The van der Waals surface area contributed by atoms with Crippen LogP contribution in [0.3, 0.4) is 0 Å². The lowest BCUT2D eigenvalue weighted by molar-refractivity contribution is -0.141. The smallest absolute Gasteiger partial charge is 0.325 e. The number of amides is 1. The highest BCUT2D eigenvalue weighted by molar-refractivity contribution is 5.83. The second-order valence-electron chi connectivity index (χ2n) is 6.61. The van der Waals surface area contributed by atoms with Gasteiger partial charge in [0.2, 0.25) is 5.91 Å². The summed E-state index contributed by atoms with van der Waals surface area (Å²) in [6.45, 7) is 3.69. The van der Waals surface area contributed by atoms with E-state index in [0.29, 0.717) is 6.42 Å². The molecule has 0 rings (SSSR count). The van der Waals surface area contributed by atoms with E-state index < -0.39 is 12.0 Å². The zero-order valence-electron chi connectivity index (χ0n) is 17.0. The number of hydrogen-bond acceptors (Lipinski definition) is 2. The molecule has 0 fully saturated rings. The van der Waals surface area contributed by atoms with E-state index in [2.05, 4.69) is 60.8 Å². The first-order chi connectivity index (χ1) is 13.1. The van der Waals surface area contributed by atoms with Crippen molar-refractivity contribution < 1.29 is 14.7 Å². The lowest BCUT2D eigenvalue weighted by Gasteiger charge is -2.08. The first-order valence-electron chi connectivity index (χ1n) is 10.2. The van der Waals surface area contributed by atoms with Crippen molar-refractivity contribution in [2.24, 2.45) is 0 Å². The van der Waals surface area contributed by atoms with Gasteiger partial charge in [-0.2, -0.15) is 0 Å². The summed E-state index contributed by atoms with van der Waals surface area (Å²) in [6.07, 6.45) is 27.2. The van der Waals surface area contributed by atoms with Gasteiger partial charge in [0, 0.05) is 6.42 Å². The first-order valence-corrected chi connectivity index (χ1v) is 10.2. The summed E-state index contributed by atoms with van der Waals surface area (Å²) in [4.78, 5) is 22.1. The fraction of sp³-hybridized carbons (Fsp3) is 0.565. The van der Waals surface area contributed by atoms with Gasteiger partial charge < -0.3 is 10.4 Å². The Hall–Kier alpha value is -2.10. The summed E-state index contributed by atoms with van der Waals surface area (Å²) in [5, 5.41) is 11.2. The summed E-state index contributed by atoms with van der Waals surface area (Å²) in [7, 11) is 0. The van der Waals surface area contributed by atoms with Gasteiger partial charge in [-0.15, -0.1) is 0 Å². The van der Waals surface area contributed by atoms with Crippen molar-refractivity contribution in [2.45, 2.75) is 84.1 Å². The average molecular weight is 376 g/mol. The van der Waals surface area contributed by atoms with Gasteiger partial charge in [-0.25, -0.2) is 0 Å². The number of aliphatic carboxylic acids is 1. The molecule has 0 aliphatic heterocycles. The van der Waals surface area contributed by atoms with Crippen LogP contribution in [0.15, 0.2) is 48.6 Å². The predicted molar refractivity (Wildman–Crippen MR) is 114 cm³/mol. The topological polar surface area (TPSA) is 66.4 Å². The number of carboxylic acid groups (broad SMARTS) is 1. The monoisotopic (exact) mass is 375 g/mol. The molecular formula is C23H37NO3. The number of carbonyl (C=O) groups excluding carboxylic acids is 1. The molecule has 0 bridgehead atoms. The second kappa shape index (κ2) is 18.7. The number of nitrogens with one attached hydrogen (secondary N) is 1. The van der Waals surface area contributed by atoms with Crippen LogP contribution in [0.25, 0.3) is 0 Å². The van der Waals surface area contributed by atoms with Crippen LogP contribution in [0.4, 0.5) is 0 Å². The van der Waals surface area contributed by atoms with Crippen LogP contribution in [0.5, 0.6) is 0 Å². The molecule has 0 heterocycles. The molecule has 0 spiro atoms. The number of hydrogen-bond donors (Lipinski definition) is 2. The summed E-state index contributed by atoms with van der Waals surface area (Å²) in [5.41, 5.74) is 0. The minimum absolute atomic E-state index is 0.208. The lowest BCUT2D eigenvalue weighted by atomic mass is 10.2. The molecule has 4 nitrogen and oxygen atoms in total. The van der Waals surface area contributed by atoms with Crippen molar-refractivity contribution in [1.29, 1.82) is 0 Å². The molecule has 0 aliphatic rings. The Morgan fingerprint density at radius 1 is 0.815 bits per heavy atom. The Bertz CT molecular complexity index is 504. The Balaban J connectivity index is 3.56. The van der Waals surface area contributed by atoms with Gasteiger partial charge in [0.1, 0.15) is 6.04 Å². The maximum atomic E-state index is 11.5. The zero-order valence-corrected chi connectivity index (χ0v) is 17.0. The van der Waals surface area contributed by atoms with Crippen LogP contribution < -0.4 is 5.32 Å². The van der Waals surface area contributed by atoms with E-state index >= 15 is 0 Å². The normalized spacial score (nSPS) is 13.3. The second-order valence-corrected chi connectivity index (χ2v) is 6.61. The lowest BCUT2D eigenvalue weighted by Crippen LogP contribution is -2.38. The van der Waals surface area contributed by atoms with Crippen molar-refractivity contribution >= 4 is 11.9 Å². The molecule has 152 valence electrons. The average Bonchev–Trinajstić information content (AvgIpc) is 2.64. The van der Waals surface area contributed by atoms with Crippen molar-refractivity contribution in [3.05, 3.63) is 48.6 Å². The zero-order chi connectivity index (χ0) is 20.2. The molecule has 0 saturated carbocycles. The third-order valence-electron chi connectivity index (χ3n) is 3.98. The maximum Gasteiger partial charge on any atom is 0.325 e. The van der Waals surface area contributed by atoms with Gasteiger partial charge in [-0.05, 0) is 51.9 Å². The Kier molecular flexibility index (Phi) is 17.2. The Morgan fingerprint density at radius 3 is 1.78 bits per heavy atom. The fourth-order valence-electron chi connectivity index (χ4n) is 2.32. The van der Waals surface area contributed by atoms with Crippen LogP contribution in [0.2, 0.25) is 0 Å².